The Morgan fingerprint density at radius 2 is 2.36 bits per heavy atom. The lowest BCUT2D eigenvalue weighted by molar-refractivity contribution is 0.744. The predicted molar refractivity (Wildman–Crippen MR) is 60.4 cm³/mol. The van der Waals surface area contributed by atoms with Crippen molar-refractivity contribution in [3.63, 3.8) is 0 Å². The molecule has 0 aliphatic rings. The topological polar surface area (TPSA) is 50.9 Å². The molecule has 0 amide bonds. The highest BCUT2D eigenvalue weighted by atomic mass is 35.5. The molecule has 74 valence electrons. The minimum atomic E-state index is 0.584. The number of nitrogens with two attached hydrogens (primary N) is 1. The van der Waals surface area contributed by atoms with Gasteiger partial charge in [0.2, 0.25) is 0 Å². The zero-order chi connectivity index (χ0) is 10.1. The van der Waals surface area contributed by atoms with Gasteiger partial charge in [-0.1, -0.05) is 11.6 Å². The van der Waals surface area contributed by atoms with Gasteiger partial charge in [-0.2, -0.15) is 0 Å². The second-order valence-corrected chi connectivity index (χ2v) is 4.70. The van der Waals surface area contributed by atoms with Crippen LogP contribution in [-0.2, 0) is 6.54 Å². The van der Waals surface area contributed by atoms with Crippen LogP contribution in [0.5, 0.6) is 0 Å². The summed E-state index contributed by atoms with van der Waals surface area (Å²) in [5, 5.41) is 1.77. The average molecular weight is 228 g/mol. The summed E-state index contributed by atoms with van der Waals surface area (Å²) in [4.78, 5) is 4.44. The molecule has 5 heteroatoms. The molecule has 0 saturated carbocycles. The maximum Gasteiger partial charge on any atom is 0.0907 e. The summed E-state index contributed by atoms with van der Waals surface area (Å²) in [6.45, 7) is 2.57. The van der Waals surface area contributed by atoms with Crippen molar-refractivity contribution in [2.24, 2.45) is 5.84 Å². The molecular formula is C9H10ClN3S. The van der Waals surface area contributed by atoms with Crippen molar-refractivity contribution < 1.29 is 0 Å². The van der Waals surface area contributed by atoms with E-state index in [-0.39, 0.29) is 0 Å². The third-order valence-electron chi connectivity index (χ3n) is 1.94. The number of aromatic nitrogens is 1. The summed E-state index contributed by atoms with van der Waals surface area (Å²) < 4.78 is 1.11. The summed E-state index contributed by atoms with van der Waals surface area (Å²) in [6.07, 6.45) is 0. The molecule has 0 unspecified atom stereocenters. The number of halogens is 1. The number of aryl methyl sites for hydroxylation is 1. The number of hydrazine groups is 1. The molecule has 0 radical (unpaired) electrons. The zero-order valence-corrected chi connectivity index (χ0v) is 9.25. The number of nitrogens with one attached hydrogen (secondary N) is 1. The van der Waals surface area contributed by atoms with Crippen molar-refractivity contribution >= 4 is 33.2 Å². The smallest absolute Gasteiger partial charge is 0.0907 e. The highest BCUT2D eigenvalue weighted by molar-refractivity contribution is 7.18. The number of hydrogen-bond donors (Lipinski definition) is 2. The Labute approximate surface area is 90.9 Å². The van der Waals surface area contributed by atoms with E-state index in [0.717, 1.165) is 25.8 Å². The van der Waals surface area contributed by atoms with Crippen molar-refractivity contribution in [1.82, 2.24) is 10.4 Å². The Morgan fingerprint density at radius 3 is 3.07 bits per heavy atom. The molecule has 1 aromatic heterocycles. The van der Waals surface area contributed by atoms with Crippen molar-refractivity contribution in [1.29, 1.82) is 0 Å². The molecule has 2 aromatic rings. The number of fused-ring (bicyclic) bond motifs is 1. The van der Waals surface area contributed by atoms with E-state index in [1.165, 1.54) is 0 Å². The molecule has 3 nitrogen and oxygen atoms in total. The van der Waals surface area contributed by atoms with Crippen LogP contribution < -0.4 is 11.3 Å². The Kier molecular flexibility index (Phi) is 2.69. The molecule has 1 heterocycles. The molecule has 0 fully saturated rings. The van der Waals surface area contributed by atoms with Gasteiger partial charge in [0.1, 0.15) is 0 Å². The highest BCUT2D eigenvalue weighted by Gasteiger charge is 2.07. The summed E-state index contributed by atoms with van der Waals surface area (Å²) in [5.41, 5.74) is 4.65. The number of benzene rings is 1. The first-order chi connectivity index (χ1) is 6.70. The van der Waals surface area contributed by atoms with Crippen LogP contribution in [0.3, 0.4) is 0 Å². The van der Waals surface area contributed by atoms with Gasteiger partial charge in [-0.15, -0.1) is 11.3 Å². The van der Waals surface area contributed by atoms with Crippen molar-refractivity contribution in [2.45, 2.75) is 13.5 Å². The molecule has 0 bridgehead atoms. The Bertz CT molecular complexity index is 466. The van der Waals surface area contributed by atoms with E-state index in [2.05, 4.69) is 10.4 Å². The fraction of sp³-hybridized carbons (Fsp3) is 0.222. The molecule has 3 N–H and O–H groups in total. The van der Waals surface area contributed by atoms with Crippen LogP contribution in [-0.4, -0.2) is 4.98 Å². The first-order valence-corrected chi connectivity index (χ1v) is 5.39. The minimum absolute atomic E-state index is 0.584. The van der Waals surface area contributed by atoms with E-state index in [1.807, 2.05) is 19.1 Å². The summed E-state index contributed by atoms with van der Waals surface area (Å²) in [5.74, 6) is 5.29. The zero-order valence-electron chi connectivity index (χ0n) is 7.67. The van der Waals surface area contributed by atoms with E-state index in [9.17, 15) is 0 Å². The highest BCUT2D eigenvalue weighted by Crippen LogP contribution is 2.28. The quantitative estimate of drug-likeness (QED) is 0.611. The van der Waals surface area contributed by atoms with E-state index in [4.69, 9.17) is 17.4 Å². The molecule has 0 spiro atoms. The fourth-order valence-electron chi connectivity index (χ4n) is 1.42. The van der Waals surface area contributed by atoms with E-state index in [1.54, 1.807) is 11.3 Å². The molecule has 1 aromatic carbocycles. The molecule has 0 aliphatic heterocycles. The third kappa shape index (κ3) is 1.74. The van der Waals surface area contributed by atoms with Gasteiger partial charge in [0.05, 0.1) is 15.2 Å². The van der Waals surface area contributed by atoms with Crippen LogP contribution in [0.1, 0.15) is 10.6 Å². The molecule has 2 rings (SSSR count). The number of rotatable bonds is 2. The first kappa shape index (κ1) is 9.86. The monoisotopic (exact) mass is 227 g/mol. The van der Waals surface area contributed by atoms with Gasteiger partial charge < -0.3 is 0 Å². The maximum atomic E-state index is 5.98. The van der Waals surface area contributed by atoms with Gasteiger partial charge in [0, 0.05) is 11.6 Å². The summed E-state index contributed by atoms with van der Waals surface area (Å²) >= 11 is 7.62. The second-order valence-electron chi connectivity index (χ2n) is 3.03. The normalized spacial score (nSPS) is 11.1. The molecular weight excluding hydrogens is 218 g/mol. The molecule has 0 atom stereocenters. The van der Waals surface area contributed by atoms with Gasteiger partial charge in [-0.3, -0.25) is 11.3 Å². The van der Waals surface area contributed by atoms with Crippen LogP contribution >= 0.6 is 22.9 Å². The number of thiazole rings is 1. The van der Waals surface area contributed by atoms with E-state index in [0.29, 0.717) is 6.54 Å². The van der Waals surface area contributed by atoms with Crippen molar-refractivity contribution in [2.75, 3.05) is 0 Å². The average Bonchev–Trinajstić information content (AvgIpc) is 2.45. The first-order valence-electron chi connectivity index (χ1n) is 4.19. The van der Waals surface area contributed by atoms with E-state index >= 15 is 0 Å². The second kappa shape index (κ2) is 3.82. The lowest BCUT2D eigenvalue weighted by atomic mass is 10.2. The van der Waals surface area contributed by atoms with Crippen LogP contribution in [0.25, 0.3) is 10.2 Å². The maximum absolute atomic E-state index is 5.98. The van der Waals surface area contributed by atoms with Crippen molar-refractivity contribution in [3.05, 3.63) is 27.7 Å². The van der Waals surface area contributed by atoms with Crippen LogP contribution in [0.4, 0.5) is 0 Å². The molecule has 14 heavy (non-hydrogen) atoms. The predicted octanol–water partition coefficient (Wildman–Crippen LogP) is 2.22. The van der Waals surface area contributed by atoms with Crippen LogP contribution in [0.15, 0.2) is 12.1 Å². The minimum Gasteiger partial charge on any atom is -0.271 e. The summed E-state index contributed by atoms with van der Waals surface area (Å²) in [7, 11) is 0. The molecule has 0 saturated heterocycles. The van der Waals surface area contributed by atoms with Crippen LogP contribution in [0, 0.1) is 6.92 Å². The van der Waals surface area contributed by atoms with Crippen LogP contribution in [0.2, 0.25) is 5.02 Å². The lowest BCUT2D eigenvalue weighted by Gasteiger charge is -2.01. The Morgan fingerprint density at radius 1 is 1.57 bits per heavy atom. The SMILES string of the molecule is Cc1nc2c(CNN)cc(Cl)cc2s1. The van der Waals surface area contributed by atoms with Gasteiger partial charge in [0.15, 0.2) is 0 Å². The Hall–Kier alpha value is -0.680. The lowest BCUT2D eigenvalue weighted by Crippen LogP contribution is -2.20. The van der Waals surface area contributed by atoms with E-state index < -0.39 is 0 Å². The summed E-state index contributed by atoms with van der Waals surface area (Å²) in [6, 6.07) is 3.82. The van der Waals surface area contributed by atoms with Gasteiger partial charge in [-0.05, 0) is 24.6 Å². The Balaban J connectivity index is 2.66. The van der Waals surface area contributed by atoms with Crippen molar-refractivity contribution in [3.8, 4) is 0 Å². The van der Waals surface area contributed by atoms with Gasteiger partial charge in [-0.25, -0.2) is 4.98 Å². The standard InChI is InChI=1S/C9H10ClN3S/c1-5-13-9-6(4-12-11)2-7(10)3-8(9)14-5/h2-3,12H,4,11H2,1H3. The molecule has 0 aliphatic carbocycles. The third-order valence-corrected chi connectivity index (χ3v) is 3.07. The number of nitrogens with zero attached hydrogens (tertiary/aromatic N) is 1. The van der Waals surface area contributed by atoms with Gasteiger partial charge >= 0.3 is 0 Å². The van der Waals surface area contributed by atoms with Gasteiger partial charge in [0.25, 0.3) is 0 Å². The largest absolute Gasteiger partial charge is 0.271 e. The fourth-order valence-corrected chi connectivity index (χ4v) is 2.64. The number of hydrogen-bond acceptors (Lipinski definition) is 4.